The van der Waals surface area contributed by atoms with Crippen LogP contribution in [0.2, 0.25) is 0 Å². The van der Waals surface area contributed by atoms with Crippen LogP contribution in [0.1, 0.15) is 19.8 Å². The molecule has 0 saturated heterocycles. The van der Waals surface area contributed by atoms with Crippen molar-refractivity contribution >= 4 is 44.9 Å². The van der Waals surface area contributed by atoms with Crippen LogP contribution in [0.15, 0.2) is 47.6 Å². The second kappa shape index (κ2) is 9.98. The Hall–Kier alpha value is -3.55. The average molecular weight is 501 g/mol. The monoisotopic (exact) mass is 500 g/mol. The highest BCUT2D eigenvalue weighted by Crippen LogP contribution is 2.39. The fourth-order valence-electron chi connectivity index (χ4n) is 3.81. The summed E-state index contributed by atoms with van der Waals surface area (Å²) in [5, 5.41) is 16.4. The number of nitrogens with zero attached hydrogens (tertiary/aromatic N) is 6. The number of aliphatic hydroxyl groups excluding tert-OH is 1. The van der Waals surface area contributed by atoms with Crippen LogP contribution >= 0.6 is 0 Å². The van der Waals surface area contributed by atoms with E-state index in [0.29, 0.717) is 41.8 Å². The van der Waals surface area contributed by atoms with Gasteiger partial charge in [0.25, 0.3) is 0 Å². The van der Waals surface area contributed by atoms with Crippen molar-refractivity contribution in [3.63, 3.8) is 0 Å². The van der Waals surface area contributed by atoms with Gasteiger partial charge in [-0.2, -0.15) is 10.1 Å². The molecule has 3 heterocycles. The molecule has 0 spiro atoms. The number of aryl methyl sites for hydroxylation is 1. The van der Waals surface area contributed by atoms with Gasteiger partial charge in [-0.25, -0.2) is 18.1 Å². The molecule has 12 nitrogen and oxygen atoms in total. The average Bonchev–Trinajstić information content (AvgIpc) is 3.27. The zero-order valence-electron chi connectivity index (χ0n) is 19.7. The smallest absolute Gasteiger partial charge is 0.250 e. The maximum Gasteiger partial charge on any atom is 0.250 e. The highest BCUT2D eigenvalue weighted by atomic mass is 32.2. The summed E-state index contributed by atoms with van der Waals surface area (Å²) in [5.74, 6) is 1.37. The van der Waals surface area contributed by atoms with Crippen LogP contribution in [0.4, 0.5) is 29.0 Å². The summed E-state index contributed by atoms with van der Waals surface area (Å²) >= 11 is 0. The third-order valence-corrected chi connectivity index (χ3v) is 7.12. The quantitative estimate of drug-likeness (QED) is 0.372. The van der Waals surface area contributed by atoms with Crippen LogP contribution in [0.3, 0.4) is 0 Å². The predicted octanol–water partition coefficient (Wildman–Crippen LogP) is 1.51. The van der Waals surface area contributed by atoms with Crippen molar-refractivity contribution in [3.8, 4) is 0 Å². The van der Waals surface area contributed by atoms with E-state index in [0.717, 1.165) is 0 Å². The van der Waals surface area contributed by atoms with Gasteiger partial charge in [0.15, 0.2) is 11.6 Å². The lowest BCUT2D eigenvalue weighted by molar-refractivity contribution is -0.119. The largest absolute Gasteiger partial charge is 0.396 e. The molecule has 0 aliphatic carbocycles. The summed E-state index contributed by atoms with van der Waals surface area (Å²) in [4.78, 5) is 25.5. The first-order valence-electron chi connectivity index (χ1n) is 11.2. The molecule has 1 aliphatic heterocycles. The summed E-state index contributed by atoms with van der Waals surface area (Å²) in [6.45, 7) is 2.00. The van der Waals surface area contributed by atoms with Gasteiger partial charge in [0, 0.05) is 45.2 Å². The van der Waals surface area contributed by atoms with Crippen molar-refractivity contribution in [1.29, 1.82) is 0 Å². The lowest BCUT2D eigenvalue weighted by atomic mass is 10.1. The van der Waals surface area contributed by atoms with E-state index in [9.17, 15) is 13.2 Å². The highest BCUT2D eigenvalue weighted by Gasteiger charge is 2.39. The predicted molar refractivity (Wildman–Crippen MR) is 131 cm³/mol. The number of hydrogen-bond donors (Lipinski definition) is 3. The molecule has 1 aliphatic rings. The Morgan fingerprint density at radius 2 is 1.89 bits per heavy atom. The van der Waals surface area contributed by atoms with Crippen molar-refractivity contribution < 1.29 is 18.3 Å². The number of benzene rings is 1. The van der Waals surface area contributed by atoms with E-state index in [1.807, 2.05) is 24.9 Å². The Balaban J connectivity index is 1.62. The maximum atomic E-state index is 13.0. The minimum atomic E-state index is -3.66. The van der Waals surface area contributed by atoms with Crippen LogP contribution in [-0.4, -0.2) is 65.4 Å². The van der Waals surface area contributed by atoms with E-state index in [2.05, 4.69) is 25.1 Å². The zero-order valence-corrected chi connectivity index (χ0v) is 20.5. The van der Waals surface area contributed by atoms with Gasteiger partial charge in [-0.1, -0.05) is 6.92 Å². The molecule has 35 heavy (non-hydrogen) atoms. The van der Waals surface area contributed by atoms with Crippen LogP contribution < -0.4 is 19.8 Å². The summed E-state index contributed by atoms with van der Waals surface area (Å²) in [5.41, 5.74) is 1.15. The number of nitrogens with one attached hydrogen (secondary N) is 2. The Morgan fingerprint density at radius 3 is 2.51 bits per heavy atom. The molecule has 13 heteroatoms. The molecule has 1 atom stereocenters. The summed E-state index contributed by atoms with van der Waals surface area (Å²) in [6.07, 6.45) is 4.28. The number of amides is 1. The normalized spacial score (nSPS) is 15.9. The molecule has 4 rings (SSSR count). The molecule has 186 valence electrons. The number of aliphatic hydroxyl groups is 1. The van der Waals surface area contributed by atoms with E-state index < -0.39 is 16.1 Å². The third kappa shape index (κ3) is 4.97. The Morgan fingerprint density at radius 1 is 1.14 bits per heavy atom. The summed E-state index contributed by atoms with van der Waals surface area (Å²) in [7, 11) is -0.158. The Bertz CT molecular complexity index is 1310. The van der Waals surface area contributed by atoms with Crippen LogP contribution in [0, 0.1) is 0 Å². The third-order valence-electron chi connectivity index (χ3n) is 5.65. The van der Waals surface area contributed by atoms with E-state index in [4.69, 9.17) is 5.11 Å². The van der Waals surface area contributed by atoms with E-state index >= 15 is 0 Å². The topological polar surface area (TPSA) is 146 Å². The molecule has 1 aromatic carbocycles. The van der Waals surface area contributed by atoms with Crippen molar-refractivity contribution in [2.24, 2.45) is 7.05 Å². The first kappa shape index (κ1) is 24.6. The van der Waals surface area contributed by atoms with Crippen molar-refractivity contribution in [2.45, 2.75) is 30.7 Å². The van der Waals surface area contributed by atoms with E-state index in [1.54, 1.807) is 41.2 Å². The van der Waals surface area contributed by atoms with E-state index in [1.165, 1.54) is 12.1 Å². The van der Waals surface area contributed by atoms with Gasteiger partial charge in [-0.3, -0.25) is 14.4 Å². The van der Waals surface area contributed by atoms with E-state index in [-0.39, 0.29) is 24.0 Å². The minimum Gasteiger partial charge on any atom is -0.396 e. The lowest BCUT2D eigenvalue weighted by Crippen LogP contribution is -2.50. The van der Waals surface area contributed by atoms with Crippen LogP contribution in [0.5, 0.6) is 0 Å². The first-order chi connectivity index (χ1) is 16.7. The number of aromatic nitrogens is 4. The number of fused-ring (bicyclic) bond motifs is 1. The maximum absolute atomic E-state index is 13.0. The fraction of sp³-hybridized carbons (Fsp3) is 0.364. The molecule has 0 saturated carbocycles. The lowest BCUT2D eigenvalue weighted by Gasteiger charge is -2.39. The number of anilines is 5. The van der Waals surface area contributed by atoms with Gasteiger partial charge in [0.1, 0.15) is 11.7 Å². The second-order valence-electron chi connectivity index (χ2n) is 8.07. The van der Waals surface area contributed by atoms with Crippen molar-refractivity contribution in [2.75, 3.05) is 35.3 Å². The number of hydrogen-bond acceptors (Lipinski definition) is 9. The minimum absolute atomic E-state index is 0.0700. The van der Waals surface area contributed by atoms with Gasteiger partial charge in [0.05, 0.1) is 11.1 Å². The van der Waals surface area contributed by atoms with Crippen LogP contribution in [-0.2, 0) is 21.9 Å². The summed E-state index contributed by atoms with van der Waals surface area (Å²) in [6, 6.07) is 7.54. The first-order valence-corrected chi connectivity index (χ1v) is 12.6. The standard InChI is InChI=1S/C22H28N8O4S/c1-4-17-21(32)29(3)18-14-23-22(26-20(18)30(17)19-10-12-28(2)27-19)25-15-6-8-16(9-7-15)35(33,34)24-11-5-13-31/h6-10,12,14,17,24,31H,4-5,11,13H2,1-3H3,(H,23,25,26). The zero-order chi connectivity index (χ0) is 25.2. The fourth-order valence-corrected chi connectivity index (χ4v) is 4.89. The molecule has 1 unspecified atom stereocenters. The molecule has 0 fully saturated rings. The van der Waals surface area contributed by atoms with Crippen molar-refractivity contribution in [1.82, 2.24) is 24.5 Å². The summed E-state index contributed by atoms with van der Waals surface area (Å²) < 4.78 is 28.8. The number of carbonyl (C=O) groups excluding carboxylic acids is 1. The van der Waals surface area contributed by atoms with Gasteiger partial charge >= 0.3 is 0 Å². The second-order valence-corrected chi connectivity index (χ2v) is 9.83. The van der Waals surface area contributed by atoms with Gasteiger partial charge in [-0.15, -0.1) is 0 Å². The number of rotatable bonds is 9. The molecule has 3 N–H and O–H groups in total. The number of carbonyl (C=O) groups is 1. The molecular formula is C22H28N8O4S. The van der Waals surface area contributed by atoms with Gasteiger partial charge in [-0.05, 0) is 37.1 Å². The number of likely N-dealkylation sites (N-methyl/N-ethyl adjacent to an activating group) is 1. The molecule has 2 aromatic heterocycles. The van der Waals surface area contributed by atoms with Gasteiger partial charge in [0.2, 0.25) is 21.9 Å². The Labute approximate surface area is 203 Å². The Kier molecular flexibility index (Phi) is 7.00. The molecule has 0 bridgehead atoms. The highest BCUT2D eigenvalue weighted by molar-refractivity contribution is 7.89. The number of sulfonamides is 1. The van der Waals surface area contributed by atoms with Gasteiger partial charge < -0.3 is 15.3 Å². The SMILES string of the molecule is CCC1C(=O)N(C)c2cnc(Nc3ccc(S(=O)(=O)NCCCO)cc3)nc2N1c1ccn(C)n1. The van der Waals surface area contributed by atoms with Crippen LogP contribution in [0.25, 0.3) is 0 Å². The molecule has 0 radical (unpaired) electrons. The molecular weight excluding hydrogens is 472 g/mol. The molecule has 1 amide bonds. The molecule has 3 aromatic rings. The van der Waals surface area contributed by atoms with Crippen molar-refractivity contribution in [3.05, 3.63) is 42.7 Å².